The quantitative estimate of drug-likeness (QED) is 0.386. The van der Waals surface area contributed by atoms with Crippen molar-refractivity contribution in [3.05, 3.63) is 89.6 Å². The van der Waals surface area contributed by atoms with Crippen LogP contribution in [0.3, 0.4) is 0 Å². The van der Waals surface area contributed by atoms with Crippen LogP contribution in [0.15, 0.2) is 71.6 Å². The highest BCUT2D eigenvalue weighted by Gasteiger charge is 2.28. The molecule has 0 bridgehead atoms. The van der Waals surface area contributed by atoms with Crippen LogP contribution < -0.4 is 9.47 Å². The van der Waals surface area contributed by atoms with Gasteiger partial charge in [0, 0.05) is 25.2 Å². The molecular weight excluding hydrogens is 446 g/mol. The number of ether oxygens (including phenoxy) is 2. The molecule has 2 aromatic heterocycles. The number of piperidine rings is 1. The molecule has 5 rings (SSSR count). The molecule has 1 aliphatic rings. The molecule has 1 aliphatic heterocycles. The van der Waals surface area contributed by atoms with E-state index >= 15 is 0 Å². The Labute approximate surface area is 202 Å². The van der Waals surface area contributed by atoms with Crippen LogP contribution in [0.2, 0.25) is 0 Å². The van der Waals surface area contributed by atoms with Crippen LogP contribution in [0, 0.1) is 6.92 Å². The van der Waals surface area contributed by atoms with Crippen LogP contribution in [-0.2, 0) is 6.61 Å². The monoisotopic (exact) mass is 471 g/mol. The molecule has 9 nitrogen and oxygen atoms in total. The maximum atomic E-state index is 13.5. The Morgan fingerprint density at radius 3 is 2.74 bits per heavy atom. The van der Waals surface area contributed by atoms with Crippen molar-refractivity contribution >= 4 is 5.91 Å². The van der Waals surface area contributed by atoms with Gasteiger partial charge in [0.15, 0.2) is 0 Å². The van der Waals surface area contributed by atoms with Crippen molar-refractivity contribution in [1.82, 2.24) is 25.2 Å². The lowest BCUT2D eigenvalue weighted by molar-refractivity contribution is 0.0700. The number of likely N-dealkylation sites (tertiary alicyclic amines) is 1. The number of benzene rings is 2. The minimum absolute atomic E-state index is 0.0662. The summed E-state index contributed by atoms with van der Waals surface area (Å²) in [6.45, 7) is 3.18. The van der Waals surface area contributed by atoms with E-state index in [0.717, 1.165) is 18.5 Å². The smallest absolute Gasteiger partial charge is 0.257 e. The molecule has 178 valence electrons. The summed E-state index contributed by atoms with van der Waals surface area (Å²) in [4.78, 5) is 24.3. The molecule has 1 fully saturated rings. The van der Waals surface area contributed by atoms with Crippen LogP contribution >= 0.6 is 0 Å². The van der Waals surface area contributed by atoms with Crippen molar-refractivity contribution in [2.24, 2.45) is 0 Å². The zero-order chi connectivity index (χ0) is 24.0. The van der Waals surface area contributed by atoms with Gasteiger partial charge in [0.2, 0.25) is 5.88 Å². The predicted octanol–water partition coefficient (Wildman–Crippen LogP) is 4.56. The van der Waals surface area contributed by atoms with E-state index in [-0.39, 0.29) is 18.4 Å². The van der Waals surface area contributed by atoms with E-state index in [1.165, 1.54) is 0 Å². The van der Waals surface area contributed by atoms with Gasteiger partial charge < -0.3 is 14.4 Å². The zero-order valence-electron chi connectivity index (χ0n) is 19.3. The molecule has 0 aliphatic carbocycles. The molecule has 0 N–H and O–H groups in total. The Balaban J connectivity index is 1.29. The van der Waals surface area contributed by atoms with Crippen molar-refractivity contribution in [2.75, 3.05) is 13.1 Å². The van der Waals surface area contributed by atoms with Crippen molar-refractivity contribution < 1.29 is 18.9 Å². The van der Waals surface area contributed by atoms with Crippen molar-refractivity contribution in [1.29, 1.82) is 0 Å². The van der Waals surface area contributed by atoms with Crippen molar-refractivity contribution in [2.45, 2.75) is 32.3 Å². The van der Waals surface area contributed by atoms with E-state index in [2.05, 4.69) is 20.3 Å². The van der Waals surface area contributed by atoms with Gasteiger partial charge in [-0.3, -0.25) is 9.78 Å². The maximum absolute atomic E-state index is 13.5. The molecule has 0 radical (unpaired) electrons. The molecule has 9 heteroatoms. The molecule has 0 saturated carbocycles. The molecule has 35 heavy (non-hydrogen) atoms. The van der Waals surface area contributed by atoms with Gasteiger partial charge in [-0.15, -0.1) is 0 Å². The Morgan fingerprint density at radius 1 is 1.09 bits per heavy atom. The van der Waals surface area contributed by atoms with Gasteiger partial charge in [-0.05, 0) is 44.0 Å². The molecule has 1 amide bonds. The SMILES string of the molecule is Cc1nonc1COc1ccccc1C(=O)N1CCC[C@@H](c2cncc(Oc3ccccc3)n2)C1. The zero-order valence-corrected chi connectivity index (χ0v) is 19.3. The summed E-state index contributed by atoms with van der Waals surface area (Å²) in [5.41, 5.74) is 2.58. The minimum atomic E-state index is -0.0788. The van der Waals surface area contributed by atoms with E-state index < -0.39 is 0 Å². The van der Waals surface area contributed by atoms with Crippen LogP contribution in [-0.4, -0.2) is 44.2 Å². The molecule has 4 aromatic rings. The van der Waals surface area contributed by atoms with E-state index in [0.29, 0.717) is 47.4 Å². The second-order valence-electron chi connectivity index (χ2n) is 8.37. The highest BCUT2D eigenvalue weighted by Crippen LogP contribution is 2.30. The number of aryl methyl sites for hydroxylation is 1. The predicted molar refractivity (Wildman–Crippen MR) is 126 cm³/mol. The standard InChI is InChI=1S/C26H25N5O4/c1-18-23(30-35-29-18)17-33-24-12-6-5-11-21(24)26(32)31-13-7-8-19(16-31)22-14-27-15-25(28-22)34-20-9-3-2-4-10-20/h2-6,9-12,14-15,19H,7-8,13,16-17H2,1H3/t19-/m1/s1. The average molecular weight is 472 g/mol. The number of hydrogen-bond donors (Lipinski definition) is 0. The summed E-state index contributed by atoms with van der Waals surface area (Å²) in [5.74, 6) is 1.63. The van der Waals surface area contributed by atoms with E-state index in [4.69, 9.17) is 14.1 Å². The fraction of sp³-hybridized carbons (Fsp3) is 0.269. The van der Waals surface area contributed by atoms with Gasteiger partial charge in [0.1, 0.15) is 29.5 Å². The number of aromatic nitrogens is 4. The number of amides is 1. The second-order valence-corrected chi connectivity index (χ2v) is 8.37. The fourth-order valence-corrected chi connectivity index (χ4v) is 4.09. The first kappa shape index (κ1) is 22.5. The highest BCUT2D eigenvalue weighted by atomic mass is 16.6. The highest BCUT2D eigenvalue weighted by molar-refractivity contribution is 5.97. The normalized spacial score (nSPS) is 15.6. The summed E-state index contributed by atoms with van der Waals surface area (Å²) >= 11 is 0. The topological polar surface area (TPSA) is 103 Å². The van der Waals surface area contributed by atoms with E-state index in [1.54, 1.807) is 31.5 Å². The summed E-state index contributed by atoms with van der Waals surface area (Å²) in [6.07, 6.45) is 5.14. The van der Waals surface area contributed by atoms with Crippen LogP contribution in [0.1, 0.15) is 46.2 Å². The van der Waals surface area contributed by atoms with Gasteiger partial charge in [-0.25, -0.2) is 9.61 Å². The van der Waals surface area contributed by atoms with Gasteiger partial charge in [0.05, 0.1) is 17.5 Å². The first-order valence-corrected chi connectivity index (χ1v) is 11.5. The Kier molecular flexibility index (Phi) is 6.65. The van der Waals surface area contributed by atoms with Crippen LogP contribution in [0.25, 0.3) is 0 Å². The van der Waals surface area contributed by atoms with Crippen LogP contribution in [0.5, 0.6) is 17.4 Å². The largest absolute Gasteiger partial charge is 0.486 e. The van der Waals surface area contributed by atoms with Crippen molar-refractivity contribution in [3.63, 3.8) is 0 Å². The molecule has 1 saturated heterocycles. The minimum Gasteiger partial charge on any atom is -0.486 e. The van der Waals surface area contributed by atoms with Gasteiger partial charge in [-0.2, -0.15) is 0 Å². The van der Waals surface area contributed by atoms with Gasteiger partial charge in [0.25, 0.3) is 5.91 Å². The Bertz CT molecular complexity index is 1290. The molecule has 2 aromatic carbocycles. The number of hydrogen-bond acceptors (Lipinski definition) is 8. The summed E-state index contributed by atoms with van der Waals surface area (Å²) < 4.78 is 16.5. The first-order chi connectivity index (χ1) is 17.2. The third-order valence-corrected chi connectivity index (χ3v) is 5.95. The fourth-order valence-electron chi connectivity index (χ4n) is 4.09. The van der Waals surface area contributed by atoms with E-state index in [9.17, 15) is 4.79 Å². The Hall–Kier alpha value is -4.27. The van der Waals surface area contributed by atoms with Gasteiger partial charge in [-0.1, -0.05) is 40.6 Å². The lowest BCUT2D eigenvalue weighted by atomic mass is 9.94. The molecule has 1 atom stereocenters. The lowest BCUT2D eigenvalue weighted by Gasteiger charge is -2.32. The number of carbonyl (C=O) groups excluding carboxylic acids is 1. The molecule has 0 unspecified atom stereocenters. The number of para-hydroxylation sites is 2. The number of nitrogens with zero attached hydrogens (tertiary/aromatic N) is 5. The maximum Gasteiger partial charge on any atom is 0.257 e. The average Bonchev–Trinajstić information content (AvgIpc) is 3.32. The van der Waals surface area contributed by atoms with E-state index in [1.807, 2.05) is 47.4 Å². The summed E-state index contributed by atoms with van der Waals surface area (Å²) in [7, 11) is 0. The van der Waals surface area contributed by atoms with Crippen molar-refractivity contribution in [3.8, 4) is 17.4 Å². The third-order valence-electron chi connectivity index (χ3n) is 5.95. The van der Waals surface area contributed by atoms with Crippen LogP contribution in [0.4, 0.5) is 0 Å². The third kappa shape index (κ3) is 5.29. The Morgan fingerprint density at radius 2 is 1.91 bits per heavy atom. The van der Waals surface area contributed by atoms with Gasteiger partial charge >= 0.3 is 0 Å². The number of carbonyl (C=O) groups is 1. The molecular formula is C26H25N5O4. The summed E-state index contributed by atoms with van der Waals surface area (Å²) in [5, 5.41) is 7.61. The molecule has 3 heterocycles. The summed E-state index contributed by atoms with van der Waals surface area (Å²) in [6, 6.07) is 16.7. The number of rotatable bonds is 7. The first-order valence-electron chi connectivity index (χ1n) is 11.5. The second kappa shape index (κ2) is 10.3. The molecule has 0 spiro atoms. The lowest BCUT2D eigenvalue weighted by Crippen LogP contribution is -2.39.